The number of fused-ring (bicyclic) bond motifs is 1. The molecule has 2 aromatic heterocycles. The van der Waals surface area contributed by atoms with Crippen LogP contribution in [0.25, 0.3) is 16.6 Å². The first kappa shape index (κ1) is 19.6. The summed E-state index contributed by atoms with van der Waals surface area (Å²) < 4.78 is 49.1. The molecule has 1 aliphatic rings. The van der Waals surface area contributed by atoms with Crippen molar-refractivity contribution in [3.8, 4) is 17.2 Å². The highest BCUT2D eigenvalue weighted by atomic mass is 19.2. The summed E-state index contributed by atoms with van der Waals surface area (Å²) in [6, 6.07) is 10.5. The standard InChI is InChI=1S/C23H19F3N4O/c24-17-4-1-5-20(22(17)26)31-16-8-6-15(7-9-16)30-19-13-28-12-18(25)21(19)23(29-30)14-3-2-10-27-11-14/h1,4-9,12-14,27H,2-3,10-11H2. The van der Waals surface area contributed by atoms with Crippen molar-refractivity contribution in [1.29, 1.82) is 0 Å². The number of nitrogens with zero attached hydrogens (tertiary/aromatic N) is 3. The molecule has 4 aromatic rings. The maximum atomic E-state index is 14.7. The van der Waals surface area contributed by atoms with Gasteiger partial charge in [0.25, 0.3) is 0 Å². The van der Waals surface area contributed by atoms with Gasteiger partial charge >= 0.3 is 0 Å². The largest absolute Gasteiger partial charge is 0.454 e. The number of hydrogen-bond acceptors (Lipinski definition) is 4. The highest BCUT2D eigenvalue weighted by Gasteiger charge is 2.24. The Morgan fingerprint density at radius 2 is 1.84 bits per heavy atom. The van der Waals surface area contributed by atoms with Crippen LogP contribution < -0.4 is 10.1 Å². The molecule has 0 saturated carbocycles. The Hall–Kier alpha value is -3.39. The van der Waals surface area contributed by atoms with Crippen LogP contribution >= 0.6 is 0 Å². The fourth-order valence-corrected chi connectivity index (χ4v) is 3.96. The second-order valence-electron chi connectivity index (χ2n) is 7.50. The predicted molar refractivity (Wildman–Crippen MR) is 110 cm³/mol. The second-order valence-corrected chi connectivity index (χ2v) is 7.50. The number of piperidine rings is 1. The highest BCUT2D eigenvalue weighted by Crippen LogP contribution is 2.33. The van der Waals surface area contributed by atoms with E-state index >= 15 is 0 Å². The second kappa shape index (κ2) is 8.03. The Morgan fingerprint density at radius 3 is 2.61 bits per heavy atom. The van der Waals surface area contributed by atoms with E-state index in [-0.39, 0.29) is 11.7 Å². The lowest BCUT2D eigenvalue weighted by molar-refractivity contribution is 0.416. The summed E-state index contributed by atoms with van der Waals surface area (Å²) in [6.45, 7) is 1.70. The Kier molecular flexibility index (Phi) is 5.07. The van der Waals surface area contributed by atoms with E-state index in [0.29, 0.717) is 28.0 Å². The van der Waals surface area contributed by atoms with Gasteiger partial charge in [-0.05, 0) is 55.8 Å². The normalized spacial score (nSPS) is 16.5. The van der Waals surface area contributed by atoms with Crippen molar-refractivity contribution in [2.24, 2.45) is 0 Å². The molecule has 8 heteroatoms. The SMILES string of the molecule is Fc1cccc(Oc2ccc(-n3nc(C4CCCNC4)c4c(F)cncc43)cc2)c1F. The minimum absolute atomic E-state index is 0.118. The van der Waals surface area contributed by atoms with Gasteiger partial charge in [0.05, 0.1) is 34.7 Å². The monoisotopic (exact) mass is 424 g/mol. The lowest BCUT2D eigenvalue weighted by Gasteiger charge is -2.21. The van der Waals surface area contributed by atoms with E-state index < -0.39 is 17.5 Å². The molecule has 0 amide bonds. The Morgan fingerprint density at radius 1 is 1.00 bits per heavy atom. The molecule has 1 saturated heterocycles. The average Bonchev–Trinajstić information content (AvgIpc) is 3.19. The van der Waals surface area contributed by atoms with Gasteiger partial charge in [-0.2, -0.15) is 9.49 Å². The lowest BCUT2D eigenvalue weighted by atomic mass is 9.94. The molecule has 1 unspecified atom stereocenters. The zero-order valence-corrected chi connectivity index (χ0v) is 16.5. The molecule has 0 aliphatic carbocycles. The van der Waals surface area contributed by atoms with Crippen LogP contribution in [-0.2, 0) is 0 Å². The van der Waals surface area contributed by atoms with Crippen molar-refractivity contribution in [2.45, 2.75) is 18.8 Å². The van der Waals surface area contributed by atoms with Crippen molar-refractivity contribution in [1.82, 2.24) is 20.1 Å². The highest BCUT2D eigenvalue weighted by molar-refractivity contribution is 5.83. The molecule has 1 atom stereocenters. The number of halogens is 3. The van der Waals surface area contributed by atoms with Crippen LogP contribution in [0.2, 0.25) is 0 Å². The third-order valence-corrected chi connectivity index (χ3v) is 5.48. The third-order valence-electron chi connectivity index (χ3n) is 5.48. The molecule has 1 N–H and O–H groups in total. The van der Waals surface area contributed by atoms with Crippen LogP contribution in [0.1, 0.15) is 24.5 Å². The van der Waals surface area contributed by atoms with E-state index in [2.05, 4.69) is 10.3 Å². The maximum Gasteiger partial charge on any atom is 0.201 e. The number of pyridine rings is 1. The van der Waals surface area contributed by atoms with Gasteiger partial charge in [-0.15, -0.1) is 0 Å². The molecule has 1 aliphatic heterocycles. The van der Waals surface area contributed by atoms with E-state index in [0.717, 1.165) is 32.0 Å². The molecular formula is C23H19F3N4O. The molecule has 2 aromatic carbocycles. The summed E-state index contributed by atoms with van der Waals surface area (Å²) in [7, 11) is 0. The zero-order chi connectivity index (χ0) is 21.4. The van der Waals surface area contributed by atoms with Crippen LogP contribution in [0.15, 0.2) is 54.9 Å². The first-order valence-electron chi connectivity index (χ1n) is 10.1. The van der Waals surface area contributed by atoms with Crippen LogP contribution in [0.5, 0.6) is 11.5 Å². The molecule has 31 heavy (non-hydrogen) atoms. The molecule has 1 fully saturated rings. The average molecular weight is 424 g/mol. The Labute approximate surface area is 176 Å². The van der Waals surface area contributed by atoms with Crippen molar-refractivity contribution in [3.05, 3.63) is 78.0 Å². The molecule has 5 rings (SSSR count). The molecular weight excluding hydrogens is 405 g/mol. The number of benzene rings is 2. The number of nitrogens with one attached hydrogen (secondary N) is 1. The van der Waals surface area contributed by atoms with Gasteiger partial charge in [0.1, 0.15) is 5.75 Å². The van der Waals surface area contributed by atoms with Crippen molar-refractivity contribution in [2.75, 3.05) is 13.1 Å². The van der Waals surface area contributed by atoms with Gasteiger partial charge in [0.15, 0.2) is 17.4 Å². The van der Waals surface area contributed by atoms with Gasteiger partial charge in [-0.25, -0.2) is 13.5 Å². The molecule has 0 bridgehead atoms. The van der Waals surface area contributed by atoms with Gasteiger partial charge < -0.3 is 10.1 Å². The van der Waals surface area contributed by atoms with E-state index in [1.54, 1.807) is 35.1 Å². The summed E-state index contributed by atoms with van der Waals surface area (Å²) in [5, 5.41) is 8.55. The van der Waals surface area contributed by atoms with Crippen molar-refractivity contribution < 1.29 is 17.9 Å². The first-order chi connectivity index (χ1) is 15.1. The summed E-state index contributed by atoms with van der Waals surface area (Å²) in [6.07, 6.45) is 4.75. The number of hydrogen-bond donors (Lipinski definition) is 1. The fraction of sp³-hybridized carbons (Fsp3) is 0.217. The molecule has 158 valence electrons. The number of aromatic nitrogens is 3. The minimum Gasteiger partial charge on any atom is -0.454 e. The molecule has 0 spiro atoms. The van der Waals surface area contributed by atoms with E-state index in [4.69, 9.17) is 9.84 Å². The molecule has 5 nitrogen and oxygen atoms in total. The molecule has 3 heterocycles. The van der Waals surface area contributed by atoms with E-state index in [1.807, 2.05) is 0 Å². The van der Waals surface area contributed by atoms with E-state index in [9.17, 15) is 13.2 Å². The smallest absolute Gasteiger partial charge is 0.201 e. The predicted octanol–water partition coefficient (Wildman–Crippen LogP) is 5.10. The van der Waals surface area contributed by atoms with Crippen LogP contribution in [0.4, 0.5) is 13.2 Å². The zero-order valence-electron chi connectivity index (χ0n) is 16.5. The minimum atomic E-state index is -1.04. The van der Waals surface area contributed by atoms with E-state index in [1.165, 1.54) is 18.3 Å². The quantitative estimate of drug-likeness (QED) is 0.495. The Balaban J connectivity index is 1.51. The van der Waals surface area contributed by atoms with Gasteiger partial charge in [0.2, 0.25) is 5.82 Å². The van der Waals surface area contributed by atoms with Crippen LogP contribution in [0.3, 0.4) is 0 Å². The van der Waals surface area contributed by atoms with Crippen molar-refractivity contribution >= 4 is 10.9 Å². The summed E-state index contributed by atoms with van der Waals surface area (Å²) in [5.74, 6) is -2.16. The van der Waals surface area contributed by atoms with Gasteiger partial charge in [0, 0.05) is 12.5 Å². The summed E-state index contributed by atoms with van der Waals surface area (Å²) in [4.78, 5) is 4.00. The summed E-state index contributed by atoms with van der Waals surface area (Å²) >= 11 is 0. The number of rotatable bonds is 4. The Bertz CT molecular complexity index is 1230. The first-order valence-corrected chi connectivity index (χ1v) is 10.1. The third kappa shape index (κ3) is 3.63. The lowest BCUT2D eigenvalue weighted by Crippen LogP contribution is -2.28. The van der Waals surface area contributed by atoms with Crippen molar-refractivity contribution in [3.63, 3.8) is 0 Å². The van der Waals surface area contributed by atoms with Crippen LogP contribution in [-0.4, -0.2) is 27.9 Å². The maximum absolute atomic E-state index is 14.7. The summed E-state index contributed by atoms with van der Waals surface area (Å²) in [5.41, 5.74) is 1.97. The van der Waals surface area contributed by atoms with Gasteiger partial charge in [-0.3, -0.25) is 4.98 Å². The van der Waals surface area contributed by atoms with Gasteiger partial charge in [-0.1, -0.05) is 6.07 Å². The fourth-order valence-electron chi connectivity index (χ4n) is 3.96. The number of ether oxygens (including phenoxy) is 1. The molecule has 0 radical (unpaired) electrons. The topological polar surface area (TPSA) is 52.0 Å². The van der Waals surface area contributed by atoms with Crippen LogP contribution in [0, 0.1) is 17.5 Å².